The molecule has 9 heteroatoms. The smallest absolute Gasteiger partial charge is 0.325 e. The number of nitrogens with one attached hydrogen (secondary N) is 1. The number of hydrogen-bond donors (Lipinski definition) is 1. The molecule has 2 aliphatic heterocycles. The average molecular weight is 450 g/mol. The Bertz CT molecular complexity index is 1250. The highest BCUT2D eigenvalue weighted by Gasteiger charge is 2.40. The van der Waals surface area contributed by atoms with Crippen LogP contribution in [0.2, 0.25) is 0 Å². The summed E-state index contributed by atoms with van der Waals surface area (Å²) in [5.74, 6) is -1.25. The highest BCUT2D eigenvalue weighted by molar-refractivity contribution is 6.17. The molecule has 2 aromatic carbocycles. The van der Waals surface area contributed by atoms with E-state index in [9.17, 15) is 13.6 Å². The fraction of sp³-hybridized carbons (Fsp3) is 0.250. The number of amides is 2. The van der Waals surface area contributed by atoms with E-state index in [-0.39, 0.29) is 18.1 Å². The first-order valence-corrected chi connectivity index (χ1v) is 10.4. The van der Waals surface area contributed by atoms with Gasteiger partial charge in [0.15, 0.2) is 11.6 Å². The number of allylic oxidation sites excluding steroid dienone is 1. The van der Waals surface area contributed by atoms with Crippen LogP contribution in [0.1, 0.15) is 35.2 Å². The van der Waals surface area contributed by atoms with Crippen LogP contribution >= 0.6 is 0 Å². The van der Waals surface area contributed by atoms with E-state index in [2.05, 4.69) is 26.9 Å². The summed E-state index contributed by atoms with van der Waals surface area (Å²) in [7, 11) is 3.28. The molecule has 0 bridgehead atoms. The van der Waals surface area contributed by atoms with E-state index in [1.54, 1.807) is 38.2 Å². The zero-order valence-corrected chi connectivity index (χ0v) is 18.9. The highest BCUT2D eigenvalue weighted by Crippen LogP contribution is 2.34. The maximum Gasteiger partial charge on any atom is 0.353 e. The van der Waals surface area contributed by atoms with Gasteiger partial charge in [-0.05, 0) is 60.4 Å². The number of benzene rings is 2. The lowest BCUT2D eigenvalue weighted by Gasteiger charge is -2.35. The van der Waals surface area contributed by atoms with E-state index in [1.165, 1.54) is 4.90 Å². The van der Waals surface area contributed by atoms with Crippen molar-refractivity contribution in [3.63, 3.8) is 0 Å². The Kier molecular flexibility index (Phi) is 5.80. The van der Waals surface area contributed by atoms with Crippen molar-refractivity contribution in [1.29, 1.82) is 0 Å². The van der Waals surface area contributed by atoms with Gasteiger partial charge in [0.05, 0.1) is 12.6 Å². The molecule has 0 radical (unpaired) electrons. The van der Waals surface area contributed by atoms with E-state index in [1.807, 2.05) is 25.1 Å². The fourth-order valence-corrected chi connectivity index (χ4v) is 3.91. The van der Waals surface area contributed by atoms with Crippen LogP contribution in [-0.2, 0) is 0 Å². The van der Waals surface area contributed by atoms with Gasteiger partial charge in [0.2, 0.25) is 11.9 Å². The maximum atomic E-state index is 14.4. The minimum atomic E-state index is -0.962. The molecule has 2 amide bonds. The lowest BCUT2D eigenvalue weighted by molar-refractivity contribution is 0.230. The van der Waals surface area contributed by atoms with E-state index in [0.29, 0.717) is 17.1 Å². The number of anilines is 1. The summed E-state index contributed by atoms with van der Waals surface area (Å²) >= 11 is 0. The Labute approximate surface area is 190 Å². The molecule has 1 unspecified atom stereocenters. The number of urea groups is 1. The van der Waals surface area contributed by atoms with Crippen LogP contribution in [0.25, 0.3) is 5.57 Å². The van der Waals surface area contributed by atoms with E-state index in [4.69, 9.17) is 0 Å². The Morgan fingerprint density at radius 1 is 1.30 bits per heavy atom. The van der Waals surface area contributed by atoms with Crippen LogP contribution in [0, 0.1) is 18.6 Å². The molecule has 0 saturated heterocycles. The van der Waals surface area contributed by atoms with E-state index < -0.39 is 23.7 Å². The molecule has 2 aromatic rings. The minimum Gasteiger partial charge on any atom is -0.325 e. The van der Waals surface area contributed by atoms with Crippen LogP contribution < -0.4 is 5.32 Å². The first kappa shape index (κ1) is 22.3. The molecule has 2 aliphatic rings. The van der Waals surface area contributed by atoms with Crippen LogP contribution in [-0.4, -0.2) is 54.6 Å². The van der Waals surface area contributed by atoms with Gasteiger partial charge in [-0.1, -0.05) is 12.6 Å². The molecule has 0 spiro atoms. The number of nitrogens with zero attached hydrogens (tertiary/aromatic N) is 5. The molecule has 1 N–H and O–H groups in total. The SMILES string of the molecule is C=C(C)c1cc(C2CN=C3N(C)C(=O)N=C(Nc4ccc(/C=N/C)cc4C)N32)cc(F)c1F. The molecule has 0 aromatic heterocycles. The molecule has 7 nitrogen and oxygen atoms in total. The minimum absolute atomic E-state index is 0.107. The zero-order chi connectivity index (χ0) is 23.9. The number of carbonyl (C=O) groups excluding carboxylic acids is 1. The number of hydrogen-bond acceptors (Lipinski definition) is 5. The third-order valence-electron chi connectivity index (χ3n) is 5.62. The second kappa shape index (κ2) is 8.57. The number of guanidine groups is 2. The molecular formula is C24H24F2N6O. The first-order valence-electron chi connectivity index (χ1n) is 10.4. The lowest BCUT2D eigenvalue weighted by atomic mass is 9.99. The fourth-order valence-electron chi connectivity index (χ4n) is 3.91. The molecule has 0 saturated carbocycles. The first-order chi connectivity index (χ1) is 15.7. The van der Waals surface area contributed by atoms with Crippen molar-refractivity contribution < 1.29 is 13.6 Å². The van der Waals surface area contributed by atoms with Crippen LogP contribution in [0.4, 0.5) is 19.3 Å². The molecule has 33 heavy (non-hydrogen) atoms. The van der Waals surface area contributed by atoms with E-state index in [0.717, 1.165) is 22.9 Å². The molecule has 2 heterocycles. The molecule has 170 valence electrons. The zero-order valence-electron chi connectivity index (χ0n) is 18.9. The van der Waals surface area contributed by atoms with Crippen LogP contribution in [0.15, 0.2) is 51.9 Å². The summed E-state index contributed by atoms with van der Waals surface area (Å²) < 4.78 is 28.7. The Hall–Kier alpha value is -3.88. The van der Waals surface area contributed by atoms with Crippen LogP contribution in [0.5, 0.6) is 0 Å². The summed E-state index contributed by atoms with van der Waals surface area (Å²) in [6.45, 7) is 7.55. The van der Waals surface area contributed by atoms with Crippen molar-refractivity contribution in [2.45, 2.75) is 19.9 Å². The Morgan fingerprint density at radius 2 is 2.06 bits per heavy atom. The van der Waals surface area contributed by atoms with Gasteiger partial charge in [-0.25, -0.2) is 18.6 Å². The van der Waals surface area contributed by atoms with E-state index >= 15 is 0 Å². The maximum absolute atomic E-state index is 14.4. The van der Waals surface area contributed by atoms with Gasteiger partial charge in [-0.2, -0.15) is 4.99 Å². The highest BCUT2D eigenvalue weighted by atomic mass is 19.2. The monoisotopic (exact) mass is 450 g/mol. The topological polar surface area (TPSA) is 72.7 Å². The van der Waals surface area contributed by atoms with Crippen molar-refractivity contribution in [2.24, 2.45) is 15.0 Å². The van der Waals surface area contributed by atoms with Crippen LogP contribution in [0.3, 0.4) is 0 Å². The molecule has 1 atom stereocenters. The number of rotatable bonds is 4. The summed E-state index contributed by atoms with van der Waals surface area (Å²) in [6, 6.07) is 7.49. The van der Waals surface area contributed by atoms with Crippen molar-refractivity contribution in [3.8, 4) is 0 Å². The lowest BCUT2D eigenvalue weighted by Crippen LogP contribution is -2.53. The second-order valence-corrected chi connectivity index (χ2v) is 8.03. The van der Waals surface area contributed by atoms with Gasteiger partial charge >= 0.3 is 6.03 Å². The number of aryl methyl sites for hydroxylation is 1. The molecule has 4 rings (SSSR count). The van der Waals surface area contributed by atoms with Crippen molar-refractivity contribution in [3.05, 3.63) is 70.8 Å². The summed E-state index contributed by atoms with van der Waals surface area (Å²) in [4.78, 5) is 28.3. The molecule has 0 fully saturated rings. The quantitative estimate of drug-likeness (QED) is 0.692. The Balaban J connectivity index is 1.74. The summed E-state index contributed by atoms with van der Waals surface area (Å²) in [5.41, 5.74) is 3.64. The van der Waals surface area contributed by atoms with Gasteiger partial charge in [-0.15, -0.1) is 0 Å². The van der Waals surface area contributed by atoms with Crippen molar-refractivity contribution in [1.82, 2.24) is 9.80 Å². The van der Waals surface area contributed by atoms with Gasteiger partial charge in [0, 0.05) is 31.6 Å². The second-order valence-electron chi connectivity index (χ2n) is 8.03. The Morgan fingerprint density at radius 3 is 2.73 bits per heavy atom. The predicted molar refractivity (Wildman–Crippen MR) is 127 cm³/mol. The molecule has 0 aliphatic carbocycles. The number of fused-ring (bicyclic) bond motifs is 1. The standard InChI is InChI=1S/C24H24F2N6O/c1-13(2)17-9-16(10-18(25)21(17)26)20-12-28-23-31(5)24(33)30-22(32(20)23)29-19-7-6-15(11-27-4)8-14(19)3/h6-11,20H,1,12H2,2-5H3,(H,29,30,33)/b27-11+. The summed E-state index contributed by atoms with van der Waals surface area (Å²) in [6.07, 6.45) is 1.75. The third-order valence-corrected chi connectivity index (χ3v) is 5.62. The third kappa shape index (κ3) is 4.02. The van der Waals surface area contributed by atoms with Gasteiger partial charge < -0.3 is 5.32 Å². The average Bonchev–Trinajstić information content (AvgIpc) is 3.21. The number of carbonyl (C=O) groups is 1. The normalized spacial score (nSPS) is 17.9. The van der Waals surface area contributed by atoms with Gasteiger partial charge in [0.1, 0.15) is 0 Å². The number of halogens is 2. The summed E-state index contributed by atoms with van der Waals surface area (Å²) in [5, 5.41) is 3.22. The van der Waals surface area contributed by atoms with Crippen molar-refractivity contribution >= 4 is 35.4 Å². The van der Waals surface area contributed by atoms with Gasteiger partial charge in [-0.3, -0.25) is 14.8 Å². The van der Waals surface area contributed by atoms with Crippen molar-refractivity contribution in [2.75, 3.05) is 26.0 Å². The predicted octanol–water partition coefficient (Wildman–Crippen LogP) is 4.60. The van der Waals surface area contributed by atoms with Gasteiger partial charge in [0.25, 0.3) is 0 Å². The largest absolute Gasteiger partial charge is 0.353 e. The molecular weight excluding hydrogens is 426 g/mol. The number of aliphatic imine (C=N–C) groups is 3.